The van der Waals surface area contributed by atoms with Crippen molar-refractivity contribution in [2.24, 2.45) is 16.6 Å². The number of allylic oxidation sites excluding steroid dienone is 1. The first-order valence-corrected chi connectivity index (χ1v) is 10.7. The van der Waals surface area contributed by atoms with Crippen LogP contribution in [0.2, 0.25) is 0 Å². The minimum atomic E-state index is -0.351. The zero-order valence-corrected chi connectivity index (χ0v) is 18.5. The molecule has 1 aliphatic rings. The molecule has 1 heterocycles. The predicted octanol–water partition coefficient (Wildman–Crippen LogP) is 5.37. The number of fused-ring (bicyclic) bond motifs is 1. The summed E-state index contributed by atoms with van der Waals surface area (Å²) in [7, 11) is 0. The fourth-order valence-electron chi connectivity index (χ4n) is 3.13. The number of hydrogen-bond donors (Lipinski definition) is 3. The van der Waals surface area contributed by atoms with Crippen LogP contribution in [0.15, 0.2) is 71.4 Å². The fraction of sp³-hybridized carbons (Fsp3) is 0.360. The van der Waals surface area contributed by atoms with Crippen molar-refractivity contribution in [2.75, 3.05) is 5.32 Å². The lowest BCUT2D eigenvalue weighted by atomic mass is 10.1. The molecule has 5 heteroatoms. The Labute approximate surface area is 180 Å². The summed E-state index contributed by atoms with van der Waals surface area (Å²) >= 11 is 0. The number of anilines is 1. The average molecular weight is 407 g/mol. The smallest absolute Gasteiger partial charge is 0.224 e. The Bertz CT molecular complexity index is 872. The van der Waals surface area contributed by atoms with Gasteiger partial charge in [-0.15, -0.1) is 0 Å². The van der Waals surface area contributed by atoms with Crippen molar-refractivity contribution < 1.29 is 4.79 Å². The van der Waals surface area contributed by atoms with E-state index in [-0.39, 0.29) is 18.0 Å². The maximum atomic E-state index is 11.3. The number of carbonyl (C=O) groups excluding carboxylic acids is 1. The van der Waals surface area contributed by atoms with Crippen LogP contribution in [0.3, 0.4) is 0 Å². The van der Waals surface area contributed by atoms with Crippen molar-refractivity contribution in [1.82, 2.24) is 5.32 Å². The van der Waals surface area contributed by atoms with E-state index in [2.05, 4.69) is 24.5 Å². The number of unbranched alkanes of at least 4 members (excludes halogenated alkanes) is 2. The molecule has 1 aliphatic heterocycles. The summed E-state index contributed by atoms with van der Waals surface area (Å²) in [6.45, 7) is 8.11. The second-order valence-electron chi connectivity index (χ2n) is 7.50. The number of hydrogen-bond acceptors (Lipinski definition) is 4. The molecular formula is C25H34N4O. The summed E-state index contributed by atoms with van der Waals surface area (Å²) in [4.78, 5) is 16.1. The monoisotopic (exact) mass is 406 g/mol. The summed E-state index contributed by atoms with van der Waals surface area (Å²) in [6, 6.07) is 18.1. The number of nitrogens with two attached hydrogens (primary N) is 1. The normalized spacial score (nSPS) is 16.2. The highest BCUT2D eigenvalue weighted by molar-refractivity contribution is 6.05. The van der Waals surface area contributed by atoms with Gasteiger partial charge in [-0.1, -0.05) is 88.6 Å². The average Bonchev–Trinajstić information content (AvgIpc) is 2.75. The van der Waals surface area contributed by atoms with Crippen LogP contribution in [-0.4, -0.2) is 11.7 Å². The first kappa shape index (κ1) is 23.2. The molecule has 0 saturated heterocycles. The fourth-order valence-corrected chi connectivity index (χ4v) is 3.13. The van der Waals surface area contributed by atoms with Crippen LogP contribution in [0.25, 0.3) is 0 Å². The van der Waals surface area contributed by atoms with Crippen LogP contribution in [0.4, 0.5) is 5.69 Å². The zero-order chi connectivity index (χ0) is 21.9. The van der Waals surface area contributed by atoms with E-state index in [0.29, 0.717) is 0 Å². The Kier molecular flexibility index (Phi) is 9.13. The Morgan fingerprint density at radius 2 is 1.77 bits per heavy atom. The lowest BCUT2D eigenvalue weighted by molar-refractivity contribution is -0.120. The van der Waals surface area contributed by atoms with Gasteiger partial charge in [-0.3, -0.25) is 4.79 Å². The molecular weight excluding hydrogens is 372 g/mol. The van der Waals surface area contributed by atoms with Gasteiger partial charge in [-0.05, 0) is 24.6 Å². The molecule has 0 spiro atoms. The van der Waals surface area contributed by atoms with Gasteiger partial charge in [0.2, 0.25) is 5.91 Å². The number of nitrogens with zero attached hydrogens (tertiary/aromatic N) is 1. The van der Waals surface area contributed by atoms with E-state index < -0.39 is 0 Å². The minimum absolute atomic E-state index is 0.167. The lowest BCUT2D eigenvalue weighted by Gasteiger charge is -2.26. The molecule has 2 atom stereocenters. The highest BCUT2D eigenvalue weighted by atomic mass is 16.1. The van der Waals surface area contributed by atoms with Gasteiger partial charge in [0.25, 0.3) is 0 Å². The summed E-state index contributed by atoms with van der Waals surface area (Å²) < 4.78 is 0. The van der Waals surface area contributed by atoms with Crippen molar-refractivity contribution >= 4 is 17.4 Å². The van der Waals surface area contributed by atoms with Gasteiger partial charge < -0.3 is 16.4 Å². The minimum Gasteiger partial charge on any atom is -0.369 e. The van der Waals surface area contributed by atoms with Gasteiger partial charge in [0.05, 0.1) is 5.92 Å². The Balaban J connectivity index is 0.000000575. The van der Waals surface area contributed by atoms with Gasteiger partial charge in [0, 0.05) is 16.9 Å². The number of amides is 1. The molecule has 2 aromatic rings. The standard InChI is InChI=1S/C20H22N4O.C5H12/c1-13(18(21)25)12-14(2)22-20-16-10-6-7-11-17(16)23-19(24-20)15-8-4-3-5-9-15;1-3-5-4-2/h3-13,19,23H,1-2H3,(H2,21,25)(H,22,24);3-5H2,1-2H3/b14-12+;. The third-order valence-corrected chi connectivity index (χ3v) is 4.82. The summed E-state index contributed by atoms with van der Waals surface area (Å²) in [5, 5.41) is 6.78. The Morgan fingerprint density at radius 1 is 1.13 bits per heavy atom. The molecule has 0 bridgehead atoms. The SMILES string of the molecule is C/C(=C\C(C)C(N)=O)NC1=NC(c2ccccc2)Nc2ccccc21.CCCCC. The van der Waals surface area contributed by atoms with Gasteiger partial charge in [0.1, 0.15) is 12.0 Å². The van der Waals surface area contributed by atoms with Crippen molar-refractivity contribution in [1.29, 1.82) is 0 Å². The number of rotatable bonds is 6. The Hall–Kier alpha value is -3.08. The topological polar surface area (TPSA) is 79.5 Å². The maximum Gasteiger partial charge on any atom is 0.224 e. The molecule has 0 aliphatic carbocycles. The van der Waals surface area contributed by atoms with Crippen LogP contribution in [0.5, 0.6) is 0 Å². The quantitative estimate of drug-likeness (QED) is 0.603. The van der Waals surface area contributed by atoms with E-state index in [1.807, 2.05) is 67.6 Å². The highest BCUT2D eigenvalue weighted by Crippen LogP contribution is 2.29. The number of aliphatic imine (C=N–C) groups is 1. The lowest BCUT2D eigenvalue weighted by Crippen LogP contribution is -2.30. The maximum absolute atomic E-state index is 11.3. The first-order chi connectivity index (χ1) is 14.5. The van der Waals surface area contributed by atoms with E-state index >= 15 is 0 Å². The highest BCUT2D eigenvalue weighted by Gasteiger charge is 2.21. The molecule has 2 unspecified atom stereocenters. The van der Waals surface area contributed by atoms with Gasteiger partial charge in [0.15, 0.2) is 0 Å². The third-order valence-electron chi connectivity index (χ3n) is 4.82. The first-order valence-electron chi connectivity index (χ1n) is 10.7. The second-order valence-corrected chi connectivity index (χ2v) is 7.50. The van der Waals surface area contributed by atoms with Crippen molar-refractivity contribution in [2.45, 2.75) is 53.1 Å². The number of nitrogens with one attached hydrogen (secondary N) is 2. The number of primary amides is 1. The number of carbonyl (C=O) groups is 1. The predicted molar refractivity (Wildman–Crippen MR) is 126 cm³/mol. The van der Waals surface area contributed by atoms with E-state index in [9.17, 15) is 4.79 Å². The van der Waals surface area contributed by atoms with E-state index in [0.717, 1.165) is 28.3 Å². The molecule has 3 rings (SSSR count). The zero-order valence-electron chi connectivity index (χ0n) is 18.5. The van der Waals surface area contributed by atoms with Crippen molar-refractivity contribution in [3.8, 4) is 0 Å². The molecule has 0 fully saturated rings. The molecule has 4 N–H and O–H groups in total. The molecule has 5 nitrogen and oxygen atoms in total. The van der Waals surface area contributed by atoms with Crippen LogP contribution in [0, 0.1) is 5.92 Å². The van der Waals surface area contributed by atoms with E-state index in [1.54, 1.807) is 6.92 Å². The summed E-state index contributed by atoms with van der Waals surface area (Å²) in [5.41, 5.74) is 9.28. The van der Waals surface area contributed by atoms with Crippen molar-refractivity contribution in [3.63, 3.8) is 0 Å². The molecule has 160 valence electrons. The van der Waals surface area contributed by atoms with Crippen LogP contribution < -0.4 is 16.4 Å². The number of amidine groups is 1. The number of benzene rings is 2. The largest absolute Gasteiger partial charge is 0.369 e. The Morgan fingerprint density at radius 3 is 2.37 bits per heavy atom. The molecule has 0 aromatic heterocycles. The summed E-state index contributed by atoms with van der Waals surface area (Å²) in [6.07, 6.45) is 5.72. The van der Waals surface area contributed by atoms with Crippen molar-refractivity contribution in [3.05, 3.63) is 77.5 Å². The van der Waals surface area contributed by atoms with Crippen LogP contribution in [0.1, 0.15) is 64.3 Å². The third kappa shape index (κ3) is 6.76. The van der Waals surface area contributed by atoms with Crippen LogP contribution >= 0.6 is 0 Å². The molecule has 0 saturated carbocycles. The van der Waals surface area contributed by atoms with E-state index in [4.69, 9.17) is 10.7 Å². The molecule has 0 radical (unpaired) electrons. The summed E-state index contributed by atoms with van der Waals surface area (Å²) in [5.74, 6) is 0.0829. The van der Waals surface area contributed by atoms with Gasteiger partial charge >= 0.3 is 0 Å². The van der Waals surface area contributed by atoms with Gasteiger partial charge in [-0.2, -0.15) is 0 Å². The van der Waals surface area contributed by atoms with Crippen LogP contribution in [-0.2, 0) is 4.79 Å². The molecule has 2 aromatic carbocycles. The van der Waals surface area contributed by atoms with Gasteiger partial charge in [-0.25, -0.2) is 4.99 Å². The van der Waals surface area contributed by atoms with E-state index in [1.165, 1.54) is 19.3 Å². The molecule has 1 amide bonds. The number of para-hydroxylation sites is 1. The molecule has 30 heavy (non-hydrogen) atoms. The second kappa shape index (κ2) is 11.8.